The first-order valence-corrected chi connectivity index (χ1v) is 10.7. The van der Waals surface area contributed by atoms with Crippen LogP contribution in [0.4, 0.5) is 0 Å². The summed E-state index contributed by atoms with van der Waals surface area (Å²) in [5, 5.41) is 2.76. The van der Waals surface area contributed by atoms with Gasteiger partial charge >= 0.3 is 6.01 Å². The quantitative estimate of drug-likeness (QED) is 0.670. The lowest BCUT2D eigenvalue weighted by Crippen LogP contribution is -2.23. The highest BCUT2D eigenvalue weighted by Crippen LogP contribution is 2.25. The van der Waals surface area contributed by atoms with Gasteiger partial charge in [0.2, 0.25) is 0 Å². The van der Waals surface area contributed by atoms with E-state index >= 15 is 0 Å². The summed E-state index contributed by atoms with van der Waals surface area (Å²) in [6, 6.07) is 12.5. The van der Waals surface area contributed by atoms with Gasteiger partial charge in [-0.3, -0.25) is 4.79 Å². The summed E-state index contributed by atoms with van der Waals surface area (Å²) < 4.78 is 29.2. The van der Waals surface area contributed by atoms with Crippen LogP contribution in [0, 0.1) is 6.92 Å². The molecule has 0 aliphatic carbocycles. The lowest BCUT2D eigenvalue weighted by atomic mass is 10.0. The van der Waals surface area contributed by atoms with Crippen molar-refractivity contribution in [1.29, 1.82) is 0 Å². The summed E-state index contributed by atoms with van der Waals surface area (Å²) in [7, 11) is -2.02. The molecule has 1 aromatic heterocycles. The van der Waals surface area contributed by atoms with Gasteiger partial charge in [0.1, 0.15) is 0 Å². The third-order valence-corrected chi connectivity index (χ3v) is 5.39. The van der Waals surface area contributed by atoms with Crippen molar-refractivity contribution in [2.24, 2.45) is 0 Å². The third-order valence-electron chi connectivity index (χ3n) is 4.30. The van der Waals surface area contributed by atoms with Gasteiger partial charge in [0.15, 0.2) is 9.84 Å². The van der Waals surface area contributed by atoms with E-state index in [4.69, 9.17) is 4.74 Å². The second kappa shape index (κ2) is 8.40. The van der Waals surface area contributed by atoms with Gasteiger partial charge in [0.05, 0.1) is 12.0 Å². The fourth-order valence-corrected chi connectivity index (χ4v) is 3.36. The van der Waals surface area contributed by atoms with Crippen LogP contribution >= 0.6 is 0 Å². The number of nitrogens with one attached hydrogen (secondary N) is 1. The lowest BCUT2D eigenvalue weighted by Gasteiger charge is -2.10. The Balaban J connectivity index is 1.89. The molecule has 0 aliphatic rings. The number of aromatic nitrogens is 2. The van der Waals surface area contributed by atoms with E-state index in [1.54, 1.807) is 24.5 Å². The summed E-state index contributed by atoms with van der Waals surface area (Å²) in [5.41, 5.74) is 3.53. The number of rotatable bonds is 6. The molecule has 0 bridgehead atoms. The summed E-state index contributed by atoms with van der Waals surface area (Å²) in [6.07, 6.45) is 4.23. The first kappa shape index (κ1) is 20.5. The summed E-state index contributed by atoms with van der Waals surface area (Å²) >= 11 is 0. The van der Waals surface area contributed by atoms with Crippen LogP contribution in [0.15, 0.2) is 59.8 Å². The summed E-state index contributed by atoms with van der Waals surface area (Å²) in [6.45, 7) is 2.17. The van der Waals surface area contributed by atoms with Gasteiger partial charge in [-0.2, -0.15) is 0 Å². The van der Waals surface area contributed by atoms with E-state index in [9.17, 15) is 13.2 Å². The Labute approximate surface area is 169 Å². The molecular formula is C21H21N3O4S. The molecule has 8 heteroatoms. The van der Waals surface area contributed by atoms with Crippen LogP contribution in [0.3, 0.4) is 0 Å². The van der Waals surface area contributed by atoms with E-state index < -0.39 is 9.84 Å². The average molecular weight is 411 g/mol. The van der Waals surface area contributed by atoms with Crippen molar-refractivity contribution in [3.8, 4) is 17.1 Å². The van der Waals surface area contributed by atoms with Crippen molar-refractivity contribution in [2.45, 2.75) is 18.4 Å². The number of carbonyl (C=O) groups is 1. The topological polar surface area (TPSA) is 98.2 Å². The molecule has 1 N–H and O–H groups in total. The summed E-state index contributed by atoms with van der Waals surface area (Å²) in [5.74, 6) is -0.389. The molecule has 0 radical (unpaired) electrons. The fourth-order valence-electron chi connectivity index (χ4n) is 2.68. The number of methoxy groups -OCH3 is 1. The number of ether oxygens (including phenoxy) is 1. The molecule has 29 heavy (non-hydrogen) atoms. The van der Waals surface area contributed by atoms with E-state index in [1.165, 1.54) is 13.2 Å². The van der Waals surface area contributed by atoms with Gasteiger partial charge in [-0.1, -0.05) is 29.8 Å². The number of nitrogens with zero attached hydrogens (tertiary/aromatic N) is 2. The van der Waals surface area contributed by atoms with E-state index in [0.717, 1.165) is 17.4 Å². The van der Waals surface area contributed by atoms with Crippen molar-refractivity contribution in [3.63, 3.8) is 0 Å². The average Bonchev–Trinajstić information content (AvgIpc) is 2.72. The minimum atomic E-state index is -3.49. The number of hydrogen-bond acceptors (Lipinski definition) is 6. The molecule has 0 unspecified atom stereocenters. The monoisotopic (exact) mass is 411 g/mol. The Morgan fingerprint density at radius 3 is 2.28 bits per heavy atom. The predicted molar refractivity (Wildman–Crippen MR) is 109 cm³/mol. The van der Waals surface area contributed by atoms with Gasteiger partial charge in [-0.25, -0.2) is 18.4 Å². The Hall–Kier alpha value is -3.26. The van der Waals surface area contributed by atoms with E-state index in [1.807, 2.05) is 31.2 Å². The number of hydrogen-bond donors (Lipinski definition) is 1. The highest BCUT2D eigenvalue weighted by Gasteiger charge is 2.15. The maximum absolute atomic E-state index is 12.7. The lowest BCUT2D eigenvalue weighted by molar-refractivity contribution is 0.0950. The molecule has 3 aromatic rings. The van der Waals surface area contributed by atoms with E-state index in [-0.39, 0.29) is 28.9 Å². The van der Waals surface area contributed by atoms with Crippen LogP contribution in [0.2, 0.25) is 0 Å². The normalized spacial score (nSPS) is 11.1. The molecular weight excluding hydrogens is 390 g/mol. The number of benzene rings is 2. The minimum absolute atomic E-state index is 0.0912. The van der Waals surface area contributed by atoms with Gasteiger partial charge < -0.3 is 10.1 Å². The van der Waals surface area contributed by atoms with Crippen LogP contribution in [0.5, 0.6) is 6.01 Å². The molecule has 150 valence electrons. The van der Waals surface area contributed by atoms with E-state index in [2.05, 4.69) is 15.3 Å². The van der Waals surface area contributed by atoms with Crippen LogP contribution in [0.25, 0.3) is 11.1 Å². The minimum Gasteiger partial charge on any atom is -0.467 e. The molecule has 2 aromatic carbocycles. The van der Waals surface area contributed by atoms with Gasteiger partial charge in [-0.15, -0.1) is 0 Å². The summed E-state index contributed by atoms with van der Waals surface area (Å²) in [4.78, 5) is 20.8. The van der Waals surface area contributed by atoms with Crippen LogP contribution in [-0.4, -0.2) is 37.7 Å². The first-order valence-electron chi connectivity index (χ1n) is 8.81. The first-order chi connectivity index (χ1) is 13.8. The van der Waals surface area contributed by atoms with Crippen molar-refractivity contribution < 1.29 is 17.9 Å². The van der Waals surface area contributed by atoms with Crippen molar-refractivity contribution in [2.75, 3.05) is 13.4 Å². The highest BCUT2D eigenvalue weighted by molar-refractivity contribution is 7.90. The Kier molecular flexibility index (Phi) is 5.93. The van der Waals surface area contributed by atoms with Crippen LogP contribution in [-0.2, 0) is 16.4 Å². The number of aryl methyl sites for hydroxylation is 1. The molecule has 0 saturated heterocycles. The van der Waals surface area contributed by atoms with Gasteiger partial charge in [0.25, 0.3) is 5.91 Å². The van der Waals surface area contributed by atoms with Crippen molar-refractivity contribution in [1.82, 2.24) is 15.3 Å². The molecule has 1 amide bonds. The maximum Gasteiger partial charge on any atom is 0.316 e. The zero-order valence-corrected chi connectivity index (χ0v) is 17.2. The smallest absolute Gasteiger partial charge is 0.316 e. The largest absolute Gasteiger partial charge is 0.467 e. The zero-order valence-electron chi connectivity index (χ0n) is 16.3. The van der Waals surface area contributed by atoms with Gasteiger partial charge in [0, 0.05) is 36.3 Å². The predicted octanol–water partition coefficient (Wildman–Crippen LogP) is 2.79. The number of carbonyl (C=O) groups excluding carboxylic acids is 1. The number of amides is 1. The third kappa shape index (κ3) is 5.17. The second-order valence-corrected chi connectivity index (χ2v) is 8.66. The molecule has 0 atom stereocenters. The standard InChI is InChI=1S/C21H21N3O4S/c1-14-4-6-16(7-5-14)17-8-18(10-19(9-17)29(3,26)27)20(25)22-11-15-12-23-21(28-2)24-13-15/h4-10,12-13H,11H2,1-3H3,(H,22,25). The maximum atomic E-state index is 12.7. The van der Waals surface area contributed by atoms with Crippen LogP contribution in [0.1, 0.15) is 21.5 Å². The fraction of sp³-hybridized carbons (Fsp3) is 0.190. The zero-order chi connectivity index (χ0) is 21.0. The van der Waals surface area contributed by atoms with Crippen molar-refractivity contribution >= 4 is 15.7 Å². The SMILES string of the molecule is COc1ncc(CNC(=O)c2cc(-c3ccc(C)cc3)cc(S(C)(=O)=O)c2)cn1. The van der Waals surface area contributed by atoms with E-state index in [0.29, 0.717) is 11.1 Å². The van der Waals surface area contributed by atoms with Gasteiger partial charge in [-0.05, 0) is 36.2 Å². The Morgan fingerprint density at radius 1 is 1.03 bits per heavy atom. The molecule has 3 rings (SSSR count). The second-order valence-electron chi connectivity index (χ2n) is 6.64. The van der Waals surface area contributed by atoms with Crippen molar-refractivity contribution in [3.05, 3.63) is 71.5 Å². The Morgan fingerprint density at radius 2 is 1.69 bits per heavy atom. The molecule has 0 spiro atoms. The molecule has 0 aliphatic heterocycles. The Bertz CT molecular complexity index is 1130. The van der Waals surface area contributed by atoms with Crippen LogP contribution < -0.4 is 10.1 Å². The molecule has 7 nitrogen and oxygen atoms in total. The molecule has 1 heterocycles. The molecule has 0 saturated carbocycles. The number of sulfone groups is 1. The highest BCUT2D eigenvalue weighted by atomic mass is 32.2. The molecule has 0 fully saturated rings.